The van der Waals surface area contributed by atoms with Crippen LogP contribution in [0.2, 0.25) is 0 Å². The molecule has 0 aliphatic heterocycles. The summed E-state index contributed by atoms with van der Waals surface area (Å²) in [5.41, 5.74) is 0.285. The minimum absolute atomic E-state index is 0.0756. The second-order valence-electron chi connectivity index (χ2n) is 6.77. The molecule has 2 unspecified atom stereocenters. The minimum Gasteiger partial charge on any atom is -0.388 e. The Balaban J connectivity index is 2.66. The number of nitrogens with one attached hydrogen (secondary N) is 2. The summed E-state index contributed by atoms with van der Waals surface area (Å²) in [6.07, 6.45) is 0.861. The van der Waals surface area contributed by atoms with E-state index in [1.54, 1.807) is 13.0 Å². The monoisotopic (exact) mass is 281 g/mol. The van der Waals surface area contributed by atoms with Crippen molar-refractivity contribution < 1.29 is 9.90 Å². The van der Waals surface area contributed by atoms with Crippen LogP contribution in [0.25, 0.3) is 0 Å². The summed E-state index contributed by atoms with van der Waals surface area (Å²) in [4.78, 5) is 12.0. The van der Waals surface area contributed by atoms with Crippen LogP contribution in [0.15, 0.2) is 6.07 Å². The molecule has 5 heteroatoms. The van der Waals surface area contributed by atoms with Crippen LogP contribution in [-0.4, -0.2) is 33.4 Å². The Labute approximate surface area is 121 Å². The molecular weight excluding hydrogens is 254 g/mol. The largest absolute Gasteiger partial charge is 0.388 e. The molecule has 0 saturated carbocycles. The second-order valence-corrected chi connectivity index (χ2v) is 6.77. The van der Waals surface area contributed by atoms with Gasteiger partial charge in [-0.2, -0.15) is 5.10 Å². The Kier molecular flexibility index (Phi) is 4.97. The van der Waals surface area contributed by atoms with Crippen molar-refractivity contribution in [3.8, 4) is 0 Å². The van der Waals surface area contributed by atoms with E-state index in [0.717, 1.165) is 12.1 Å². The lowest BCUT2D eigenvalue weighted by Gasteiger charge is -2.29. The normalized spacial score (nSPS) is 16.6. The van der Waals surface area contributed by atoms with E-state index in [1.165, 1.54) is 0 Å². The molecule has 20 heavy (non-hydrogen) atoms. The molecule has 0 aromatic carbocycles. The van der Waals surface area contributed by atoms with Crippen LogP contribution in [0.4, 0.5) is 0 Å². The first-order valence-electron chi connectivity index (χ1n) is 7.14. The smallest absolute Gasteiger partial charge is 0.271 e. The van der Waals surface area contributed by atoms with Gasteiger partial charge in [0.05, 0.1) is 5.60 Å². The first-order chi connectivity index (χ1) is 9.08. The zero-order valence-corrected chi connectivity index (χ0v) is 13.4. The van der Waals surface area contributed by atoms with Crippen LogP contribution in [0.5, 0.6) is 0 Å². The molecule has 1 aromatic rings. The van der Waals surface area contributed by atoms with Crippen LogP contribution in [-0.2, 0) is 5.41 Å². The third-order valence-electron chi connectivity index (χ3n) is 3.90. The van der Waals surface area contributed by atoms with Gasteiger partial charge in [-0.25, -0.2) is 0 Å². The summed E-state index contributed by atoms with van der Waals surface area (Å²) in [7, 11) is 0. The Morgan fingerprint density at radius 1 is 1.45 bits per heavy atom. The lowest BCUT2D eigenvalue weighted by molar-refractivity contribution is 0.00588. The summed E-state index contributed by atoms with van der Waals surface area (Å²) in [6.45, 7) is 12.1. The maximum Gasteiger partial charge on any atom is 0.271 e. The first kappa shape index (κ1) is 16.7. The number of carbonyl (C=O) groups excluding carboxylic acids is 1. The van der Waals surface area contributed by atoms with E-state index >= 15 is 0 Å². The molecule has 0 fully saturated rings. The summed E-state index contributed by atoms with van der Waals surface area (Å²) in [5, 5.41) is 19.9. The molecule has 114 valence electrons. The molecule has 0 spiro atoms. The molecule has 2 atom stereocenters. The van der Waals surface area contributed by atoms with Crippen LogP contribution in [0, 0.1) is 5.92 Å². The lowest BCUT2D eigenvalue weighted by Crippen LogP contribution is -2.45. The minimum atomic E-state index is -0.909. The molecule has 1 heterocycles. The predicted octanol–water partition coefficient (Wildman–Crippen LogP) is 2.23. The molecule has 0 aliphatic rings. The predicted molar refractivity (Wildman–Crippen MR) is 79.7 cm³/mol. The molecule has 3 N–H and O–H groups in total. The van der Waals surface area contributed by atoms with Crippen molar-refractivity contribution in [2.75, 3.05) is 6.54 Å². The van der Waals surface area contributed by atoms with Gasteiger partial charge in [0, 0.05) is 17.7 Å². The number of rotatable bonds is 5. The summed E-state index contributed by atoms with van der Waals surface area (Å²) < 4.78 is 0. The fraction of sp³-hybridized carbons (Fsp3) is 0.733. The molecule has 0 bridgehead atoms. The fourth-order valence-electron chi connectivity index (χ4n) is 1.79. The average molecular weight is 281 g/mol. The van der Waals surface area contributed by atoms with E-state index in [2.05, 4.69) is 36.3 Å². The zero-order chi connectivity index (χ0) is 15.6. The maximum atomic E-state index is 12.0. The van der Waals surface area contributed by atoms with Gasteiger partial charge in [0.25, 0.3) is 5.91 Å². The van der Waals surface area contributed by atoms with E-state index in [4.69, 9.17) is 0 Å². The number of H-pyrrole nitrogens is 1. The number of hydrogen-bond donors (Lipinski definition) is 3. The zero-order valence-electron chi connectivity index (χ0n) is 13.4. The van der Waals surface area contributed by atoms with Gasteiger partial charge < -0.3 is 10.4 Å². The van der Waals surface area contributed by atoms with Crippen molar-refractivity contribution >= 4 is 5.91 Å². The molecule has 1 amide bonds. The molecule has 0 saturated heterocycles. The van der Waals surface area contributed by atoms with E-state index < -0.39 is 5.60 Å². The maximum absolute atomic E-state index is 12.0. The third-order valence-corrected chi connectivity index (χ3v) is 3.90. The van der Waals surface area contributed by atoms with Crippen molar-refractivity contribution in [2.45, 2.75) is 59.0 Å². The summed E-state index contributed by atoms with van der Waals surface area (Å²) in [5.74, 6) is -0.146. The number of aromatic nitrogens is 2. The highest BCUT2D eigenvalue weighted by molar-refractivity contribution is 5.92. The highest BCUT2D eigenvalue weighted by atomic mass is 16.3. The van der Waals surface area contributed by atoms with Crippen LogP contribution in [0.1, 0.15) is 64.1 Å². The number of carbonyl (C=O) groups is 1. The Hall–Kier alpha value is -1.36. The van der Waals surface area contributed by atoms with Gasteiger partial charge in [0.15, 0.2) is 0 Å². The lowest BCUT2D eigenvalue weighted by atomic mass is 9.88. The molecule has 1 rings (SSSR count). The average Bonchev–Trinajstić information content (AvgIpc) is 2.84. The van der Waals surface area contributed by atoms with E-state index in [0.29, 0.717) is 5.69 Å². The van der Waals surface area contributed by atoms with E-state index in [9.17, 15) is 9.90 Å². The van der Waals surface area contributed by atoms with Gasteiger partial charge in [0.2, 0.25) is 0 Å². The van der Waals surface area contributed by atoms with Gasteiger partial charge in [-0.05, 0) is 18.9 Å². The van der Waals surface area contributed by atoms with Crippen molar-refractivity contribution in [2.24, 2.45) is 5.92 Å². The number of nitrogens with zero attached hydrogens (tertiary/aromatic N) is 1. The van der Waals surface area contributed by atoms with Gasteiger partial charge in [-0.15, -0.1) is 0 Å². The highest BCUT2D eigenvalue weighted by Gasteiger charge is 2.28. The van der Waals surface area contributed by atoms with Crippen LogP contribution >= 0.6 is 0 Å². The van der Waals surface area contributed by atoms with Gasteiger partial charge >= 0.3 is 0 Å². The Morgan fingerprint density at radius 3 is 2.50 bits per heavy atom. The van der Waals surface area contributed by atoms with Crippen LogP contribution in [0.3, 0.4) is 0 Å². The standard InChI is InChI=1S/C15H27N3O2/c1-7-10(2)15(6,20)9-16-13(19)11-8-12(18-17-11)14(3,4)5/h8,10,20H,7,9H2,1-6H3,(H,16,19)(H,17,18). The Morgan fingerprint density at radius 2 is 2.05 bits per heavy atom. The summed E-state index contributed by atoms with van der Waals surface area (Å²) in [6, 6.07) is 1.76. The molecular formula is C15H27N3O2. The molecule has 0 aliphatic carbocycles. The van der Waals surface area contributed by atoms with Gasteiger partial charge in [-0.1, -0.05) is 41.0 Å². The highest BCUT2D eigenvalue weighted by Crippen LogP contribution is 2.21. The molecule has 0 radical (unpaired) electrons. The molecule has 5 nitrogen and oxygen atoms in total. The number of amides is 1. The first-order valence-corrected chi connectivity index (χ1v) is 7.14. The second kappa shape index (κ2) is 5.95. The van der Waals surface area contributed by atoms with E-state index in [-0.39, 0.29) is 23.8 Å². The van der Waals surface area contributed by atoms with E-state index in [1.807, 2.05) is 13.8 Å². The Bertz CT molecular complexity index is 458. The van der Waals surface area contributed by atoms with Crippen molar-refractivity contribution in [1.29, 1.82) is 0 Å². The van der Waals surface area contributed by atoms with Crippen molar-refractivity contribution in [3.05, 3.63) is 17.5 Å². The topological polar surface area (TPSA) is 78.0 Å². The number of aliphatic hydroxyl groups is 1. The quantitative estimate of drug-likeness (QED) is 0.774. The van der Waals surface area contributed by atoms with Crippen LogP contribution < -0.4 is 5.32 Å². The van der Waals surface area contributed by atoms with Crippen molar-refractivity contribution in [1.82, 2.24) is 15.5 Å². The molecule has 1 aromatic heterocycles. The number of aromatic amines is 1. The van der Waals surface area contributed by atoms with Gasteiger partial charge in [-0.3, -0.25) is 9.89 Å². The van der Waals surface area contributed by atoms with Gasteiger partial charge in [0.1, 0.15) is 5.69 Å². The summed E-state index contributed by atoms with van der Waals surface area (Å²) >= 11 is 0. The number of hydrogen-bond acceptors (Lipinski definition) is 3. The van der Waals surface area contributed by atoms with Crippen molar-refractivity contribution in [3.63, 3.8) is 0 Å². The third kappa shape index (κ3) is 4.07. The SMILES string of the molecule is CCC(C)C(C)(O)CNC(=O)c1cc(C(C)(C)C)[nH]n1. The fourth-order valence-corrected chi connectivity index (χ4v) is 1.79.